The molecule has 5 heteroatoms. The number of aryl methyl sites for hydroxylation is 1. The minimum absolute atomic E-state index is 0.288. The minimum atomic E-state index is -1.32. The van der Waals surface area contributed by atoms with Crippen molar-refractivity contribution < 1.29 is 13.2 Å². The van der Waals surface area contributed by atoms with Gasteiger partial charge in [-0.1, -0.05) is 29.8 Å². The zero-order valence-corrected chi connectivity index (χ0v) is 9.67. The molecule has 2 nitrogen and oxygen atoms in total. The molecule has 0 radical (unpaired) electrons. The van der Waals surface area contributed by atoms with Gasteiger partial charge >= 0.3 is 0 Å². The molecule has 1 aromatic heterocycles. The number of rotatable bonds is 3. The predicted molar refractivity (Wildman–Crippen MR) is 62.6 cm³/mol. The maximum absolute atomic E-state index is 13.3. The topological polar surface area (TPSA) is 24.9 Å². The zero-order valence-electron chi connectivity index (χ0n) is 9.67. The van der Waals surface area contributed by atoms with Gasteiger partial charge in [-0.05, 0) is 12.5 Å². The summed E-state index contributed by atoms with van der Waals surface area (Å²) >= 11 is 0. The molecule has 1 aromatic carbocycles. The Bertz CT molecular complexity index is 570. The van der Waals surface area contributed by atoms with Crippen molar-refractivity contribution in [1.29, 1.82) is 0 Å². The van der Waals surface area contributed by atoms with Crippen LogP contribution in [-0.4, -0.2) is 4.98 Å². The van der Waals surface area contributed by atoms with Gasteiger partial charge in [0.2, 0.25) is 0 Å². The summed E-state index contributed by atoms with van der Waals surface area (Å²) < 4.78 is 38.8. The molecular formula is C13H11F3N2. The highest BCUT2D eigenvalue weighted by Crippen LogP contribution is 2.15. The van der Waals surface area contributed by atoms with Crippen molar-refractivity contribution in [2.75, 3.05) is 5.32 Å². The quantitative estimate of drug-likeness (QED) is 0.847. The Morgan fingerprint density at radius 2 is 1.89 bits per heavy atom. The normalized spacial score (nSPS) is 10.4. The van der Waals surface area contributed by atoms with E-state index in [0.29, 0.717) is 6.07 Å². The average Bonchev–Trinajstić information content (AvgIpc) is 2.32. The van der Waals surface area contributed by atoms with Crippen LogP contribution in [0.2, 0.25) is 0 Å². The van der Waals surface area contributed by atoms with Crippen LogP contribution in [0.4, 0.5) is 19.0 Å². The summed E-state index contributed by atoms with van der Waals surface area (Å²) in [4.78, 5) is 3.18. The van der Waals surface area contributed by atoms with Crippen LogP contribution in [0.15, 0.2) is 30.3 Å². The van der Waals surface area contributed by atoms with Crippen LogP contribution in [0.3, 0.4) is 0 Å². The van der Waals surface area contributed by atoms with E-state index in [9.17, 15) is 13.2 Å². The monoisotopic (exact) mass is 252 g/mol. The second kappa shape index (κ2) is 5.08. The van der Waals surface area contributed by atoms with E-state index in [1.165, 1.54) is 0 Å². The largest absolute Gasteiger partial charge is 0.363 e. The second-order valence-electron chi connectivity index (χ2n) is 3.93. The Morgan fingerprint density at radius 3 is 2.61 bits per heavy atom. The maximum Gasteiger partial charge on any atom is 0.251 e. The third-order valence-corrected chi connectivity index (χ3v) is 2.43. The van der Waals surface area contributed by atoms with Crippen LogP contribution in [0.5, 0.6) is 0 Å². The van der Waals surface area contributed by atoms with E-state index in [1.54, 1.807) is 0 Å². The van der Waals surface area contributed by atoms with Gasteiger partial charge < -0.3 is 5.32 Å². The molecule has 1 N–H and O–H groups in total. The summed E-state index contributed by atoms with van der Waals surface area (Å²) in [6.45, 7) is 2.22. The molecule has 0 bridgehead atoms. The van der Waals surface area contributed by atoms with Crippen LogP contribution in [0.1, 0.15) is 11.1 Å². The van der Waals surface area contributed by atoms with Crippen LogP contribution < -0.4 is 5.32 Å². The van der Waals surface area contributed by atoms with Crippen LogP contribution in [0, 0.1) is 24.5 Å². The predicted octanol–water partition coefficient (Wildman–Crippen LogP) is 3.42. The number of aromatic nitrogens is 1. The van der Waals surface area contributed by atoms with Gasteiger partial charge in [0.1, 0.15) is 0 Å². The van der Waals surface area contributed by atoms with E-state index < -0.39 is 17.6 Å². The molecule has 94 valence electrons. The number of halogens is 3. The van der Waals surface area contributed by atoms with E-state index in [0.717, 1.165) is 11.1 Å². The van der Waals surface area contributed by atoms with Gasteiger partial charge in [-0.2, -0.15) is 9.37 Å². The molecule has 0 aliphatic heterocycles. The van der Waals surface area contributed by atoms with Crippen molar-refractivity contribution in [2.24, 2.45) is 0 Å². The van der Waals surface area contributed by atoms with E-state index in [1.807, 2.05) is 31.2 Å². The molecule has 1 heterocycles. The molecule has 0 unspecified atom stereocenters. The van der Waals surface area contributed by atoms with Crippen molar-refractivity contribution in [3.63, 3.8) is 0 Å². The SMILES string of the molecule is Cc1cccc(CNc2nc(F)c(F)cc2F)c1. The molecule has 2 rings (SSSR count). The van der Waals surface area contributed by atoms with Crippen LogP contribution in [0.25, 0.3) is 0 Å². The number of benzene rings is 1. The molecule has 0 saturated heterocycles. The first-order valence-electron chi connectivity index (χ1n) is 5.37. The molecule has 2 aromatic rings. The van der Waals surface area contributed by atoms with Gasteiger partial charge in [0.05, 0.1) is 0 Å². The summed E-state index contributed by atoms with van der Waals surface area (Å²) in [7, 11) is 0. The van der Waals surface area contributed by atoms with Crippen molar-refractivity contribution >= 4 is 5.82 Å². The third-order valence-electron chi connectivity index (χ3n) is 2.43. The molecule has 0 atom stereocenters. The fourth-order valence-corrected chi connectivity index (χ4v) is 1.58. The molecule has 18 heavy (non-hydrogen) atoms. The second-order valence-corrected chi connectivity index (χ2v) is 3.93. The summed E-state index contributed by atoms with van der Waals surface area (Å²) in [5.74, 6) is -3.83. The van der Waals surface area contributed by atoms with E-state index in [2.05, 4.69) is 10.3 Å². The lowest BCUT2D eigenvalue weighted by molar-refractivity contribution is 0.466. The maximum atomic E-state index is 13.3. The van der Waals surface area contributed by atoms with Crippen LogP contribution in [-0.2, 0) is 6.54 Å². The highest BCUT2D eigenvalue weighted by atomic mass is 19.2. The highest BCUT2D eigenvalue weighted by Gasteiger charge is 2.11. The van der Waals surface area contributed by atoms with Crippen molar-refractivity contribution in [3.8, 4) is 0 Å². The summed E-state index contributed by atoms with van der Waals surface area (Å²) in [5.41, 5.74) is 1.97. The lowest BCUT2D eigenvalue weighted by Gasteiger charge is -2.07. The number of hydrogen-bond donors (Lipinski definition) is 1. The van der Waals surface area contributed by atoms with Crippen molar-refractivity contribution in [2.45, 2.75) is 13.5 Å². The standard InChI is InChI=1S/C13H11F3N2/c1-8-3-2-4-9(5-8)7-17-13-11(15)6-10(14)12(16)18-13/h2-6H,7H2,1H3,(H,17,18). The Balaban J connectivity index is 2.13. The smallest absolute Gasteiger partial charge is 0.251 e. The van der Waals surface area contributed by atoms with E-state index >= 15 is 0 Å². The van der Waals surface area contributed by atoms with Gasteiger partial charge in [-0.25, -0.2) is 8.78 Å². The lowest BCUT2D eigenvalue weighted by atomic mass is 10.1. The Labute approximate surface area is 102 Å². The summed E-state index contributed by atoms with van der Waals surface area (Å²) in [6.07, 6.45) is 0. The molecular weight excluding hydrogens is 241 g/mol. The fourth-order valence-electron chi connectivity index (χ4n) is 1.58. The van der Waals surface area contributed by atoms with E-state index in [-0.39, 0.29) is 12.4 Å². The van der Waals surface area contributed by atoms with Gasteiger partial charge in [0.25, 0.3) is 5.95 Å². The Morgan fingerprint density at radius 1 is 1.11 bits per heavy atom. The van der Waals surface area contributed by atoms with Gasteiger partial charge in [-0.15, -0.1) is 0 Å². The number of hydrogen-bond acceptors (Lipinski definition) is 2. The summed E-state index contributed by atoms with van der Waals surface area (Å²) in [5, 5.41) is 2.63. The lowest BCUT2D eigenvalue weighted by Crippen LogP contribution is -2.06. The van der Waals surface area contributed by atoms with Crippen LogP contribution >= 0.6 is 0 Å². The molecule has 0 saturated carbocycles. The molecule has 0 aliphatic carbocycles. The minimum Gasteiger partial charge on any atom is -0.363 e. The van der Waals surface area contributed by atoms with Crippen molar-refractivity contribution in [3.05, 3.63) is 59.0 Å². The summed E-state index contributed by atoms with van der Waals surface area (Å²) in [6, 6.07) is 8.02. The van der Waals surface area contributed by atoms with Gasteiger partial charge in [-0.3, -0.25) is 0 Å². The zero-order chi connectivity index (χ0) is 13.1. The number of pyridine rings is 1. The number of anilines is 1. The first-order chi connectivity index (χ1) is 8.56. The molecule has 0 spiro atoms. The first kappa shape index (κ1) is 12.4. The fraction of sp³-hybridized carbons (Fsp3) is 0.154. The molecule has 0 aliphatic rings. The number of nitrogens with zero attached hydrogens (tertiary/aromatic N) is 1. The average molecular weight is 252 g/mol. The Hall–Kier alpha value is -2.04. The van der Waals surface area contributed by atoms with Crippen molar-refractivity contribution in [1.82, 2.24) is 4.98 Å². The molecule has 0 fully saturated rings. The highest BCUT2D eigenvalue weighted by molar-refractivity contribution is 5.37. The third kappa shape index (κ3) is 2.80. The van der Waals surface area contributed by atoms with Gasteiger partial charge in [0.15, 0.2) is 17.5 Å². The first-order valence-corrected chi connectivity index (χ1v) is 5.37. The number of nitrogens with one attached hydrogen (secondary N) is 1. The van der Waals surface area contributed by atoms with Gasteiger partial charge in [0, 0.05) is 12.6 Å². The molecule has 0 amide bonds. The Kier molecular flexibility index (Phi) is 3.50. The van der Waals surface area contributed by atoms with E-state index in [4.69, 9.17) is 0 Å².